The van der Waals surface area contributed by atoms with Gasteiger partial charge in [0, 0.05) is 34.4 Å². The van der Waals surface area contributed by atoms with Gasteiger partial charge in [-0.25, -0.2) is 0 Å². The zero-order chi connectivity index (χ0) is 13.3. The fourth-order valence-electron chi connectivity index (χ4n) is 1.19. The third-order valence-corrected chi connectivity index (χ3v) is 2.16. The van der Waals surface area contributed by atoms with E-state index in [2.05, 4.69) is 5.32 Å². The second kappa shape index (κ2) is 8.91. The Balaban J connectivity index is 4.02. The number of hydrogen-bond acceptors (Lipinski definition) is 5. The number of likely N-dealkylation sites (N-methyl/N-ethyl adjacent to an activating group) is 1. The number of nitrogens with two attached hydrogens (primary N) is 1. The first kappa shape index (κ1) is 15.8. The molecule has 0 saturated heterocycles. The largest absolute Gasteiger partial charge is 0.383 e. The molecule has 1 unspecified atom stereocenters. The Bertz CT molecular complexity index is 244. The summed E-state index contributed by atoms with van der Waals surface area (Å²) in [5, 5.41) is 2.61. The average Bonchev–Trinajstić information content (AvgIpc) is 2.30. The minimum absolute atomic E-state index is 0.0254. The lowest BCUT2D eigenvalue weighted by molar-refractivity contribution is -0.142. The highest BCUT2D eigenvalue weighted by atomic mass is 16.5. The topological polar surface area (TPSA) is 93.9 Å². The maximum atomic E-state index is 11.7. The number of carbonyl (C=O) groups is 2. The smallest absolute Gasteiger partial charge is 0.253 e. The summed E-state index contributed by atoms with van der Waals surface area (Å²) < 4.78 is 9.68. The Morgan fingerprint density at radius 2 is 2.06 bits per heavy atom. The molecule has 1 atom stereocenters. The van der Waals surface area contributed by atoms with Crippen LogP contribution < -0.4 is 11.1 Å². The standard InChI is InChI=1S/C10H21N3O4/c1-13(10(15)8(6-11)17-3)7-9(14)12-4-5-16-2/h8H,4-7,11H2,1-3H3,(H,12,14). The quantitative estimate of drug-likeness (QED) is 0.493. The van der Waals surface area contributed by atoms with E-state index in [4.69, 9.17) is 15.2 Å². The zero-order valence-electron chi connectivity index (χ0n) is 10.6. The van der Waals surface area contributed by atoms with E-state index in [0.717, 1.165) is 0 Å². The molecule has 0 aliphatic heterocycles. The number of ether oxygens (including phenoxy) is 2. The predicted molar refractivity (Wildman–Crippen MR) is 62.4 cm³/mol. The van der Waals surface area contributed by atoms with Gasteiger partial charge in [-0.2, -0.15) is 0 Å². The van der Waals surface area contributed by atoms with Crippen molar-refractivity contribution in [2.75, 3.05) is 47.5 Å². The molecule has 0 aromatic carbocycles. The highest BCUT2D eigenvalue weighted by Crippen LogP contribution is 1.94. The molecule has 0 heterocycles. The van der Waals surface area contributed by atoms with E-state index in [1.54, 1.807) is 7.11 Å². The second-order valence-corrected chi connectivity index (χ2v) is 3.50. The van der Waals surface area contributed by atoms with E-state index in [9.17, 15) is 9.59 Å². The minimum Gasteiger partial charge on any atom is -0.383 e. The van der Waals surface area contributed by atoms with Crippen molar-refractivity contribution in [3.63, 3.8) is 0 Å². The number of nitrogens with one attached hydrogen (secondary N) is 1. The van der Waals surface area contributed by atoms with Gasteiger partial charge in [0.05, 0.1) is 13.2 Å². The van der Waals surface area contributed by atoms with Crippen molar-refractivity contribution in [2.45, 2.75) is 6.10 Å². The van der Waals surface area contributed by atoms with Gasteiger partial charge in [0.2, 0.25) is 5.91 Å². The lowest BCUT2D eigenvalue weighted by atomic mass is 10.3. The van der Waals surface area contributed by atoms with Gasteiger partial charge in [0.25, 0.3) is 5.91 Å². The lowest BCUT2D eigenvalue weighted by Gasteiger charge is -2.21. The van der Waals surface area contributed by atoms with Crippen LogP contribution in [0.1, 0.15) is 0 Å². The van der Waals surface area contributed by atoms with Crippen LogP contribution in [0.25, 0.3) is 0 Å². The number of rotatable bonds is 8. The first-order chi connectivity index (χ1) is 8.06. The van der Waals surface area contributed by atoms with Gasteiger partial charge in [-0.05, 0) is 0 Å². The van der Waals surface area contributed by atoms with E-state index < -0.39 is 6.10 Å². The molecule has 0 aliphatic rings. The fourth-order valence-corrected chi connectivity index (χ4v) is 1.19. The summed E-state index contributed by atoms with van der Waals surface area (Å²) >= 11 is 0. The molecule has 0 rings (SSSR count). The van der Waals surface area contributed by atoms with Gasteiger partial charge in [0.1, 0.15) is 6.10 Å². The van der Waals surface area contributed by atoms with Crippen LogP contribution in [0.3, 0.4) is 0 Å². The molecule has 17 heavy (non-hydrogen) atoms. The molecule has 0 spiro atoms. The first-order valence-electron chi connectivity index (χ1n) is 5.30. The van der Waals surface area contributed by atoms with E-state index in [1.165, 1.54) is 19.1 Å². The fraction of sp³-hybridized carbons (Fsp3) is 0.800. The SMILES string of the molecule is COCCNC(=O)CN(C)C(=O)C(CN)OC. The molecule has 7 nitrogen and oxygen atoms in total. The Labute approximate surface area is 101 Å². The van der Waals surface area contributed by atoms with Crippen molar-refractivity contribution in [3.8, 4) is 0 Å². The molecule has 0 aromatic rings. The van der Waals surface area contributed by atoms with Gasteiger partial charge in [0.15, 0.2) is 0 Å². The normalized spacial score (nSPS) is 12.0. The van der Waals surface area contributed by atoms with Crippen LogP contribution in [0.15, 0.2) is 0 Å². The van der Waals surface area contributed by atoms with Crippen molar-refractivity contribution >= 4 is 11.8 Å². The van der Waals surface area contributed by atoms with Gasteiger partial charge in [-0.3, -0.25) is 9.59 Å². The highest BCUT2D eigenvalue weighted by molar-refractivity contribution is 5.86. The summed E-state index contributed by atoms with van der Waals surface area (Å²) in [6, 6.07) is 0. The van der Waals surface area contributed by atoms with E-state index in [-0.39, 0.29) is 24.9 Å². The third-order valence-electron chi connectivity index (χ3n) is 2.16. The molecular weight excluding hydrogens is 226 g/mol. The molecular formula is C10H21N3O4. The third kappa shape index (κ3) is 6.20. The van der Waals surface area contributed by atoms with Crippen LogP contribution >= 0.6 is 0 Å². The van der Waals surface area contributed by atoms with Crippen molar-refractivity contribution < 1.29 is 19.1 Å². The van der Waals surface area contributed by atoms with Crippen molar-refractivity contribution in [1.82, 2.24) is 10.2 Å². The van der Waals surface area contributed by atoms with Crippen molar-refractivity contribution in [2.24, 2.45) is 5.73 Å². The summed E-state index contributed by atoms with van der Waals surface area (Å²) in [6.45, 7) is 0.919. The molecule has 0 radical (unpaired) electrons. The summed E-state index contributed by atoms with van der Waals surface area (Å²) in [6.07, 6.45) is -0.702. The van der Waals surface area contributed by atoms with Gasteiger partial charge < -0.3 is 25.4 Å². The number of carbonyl (C=O) groups excluding carboxylic acids is 2. The summed E-state index contributed by atoms with van der Waals surface area (Å²) in [5.74, 6) is -0.554. The first-order valence-corrected chi connectivity index (χ1v) is 5.30. The lowest BCUT2D eigenvalue weighted by Crippen LogP contribution is -2.46. The molecule has 7 heteroatoms. The zero-order valence-corrected chi connectivity index (χ0v) is 10.6. The predicted octanol–water partition coefficient (Wildman–Crippen LogP) is -1.82. The molecule has 0 saturated carbocycles. The molecule has 0 aliphatic carbocycles. The second-order valence-electron chi connectivity index (χ2n) is 3.50. The van der Waals surface area contributed by atoms with E-state index in [1.807, 2.05) is 0 Å². The number of hydrogen-bond donors (Lipinski definition) is 2. The van der Waals surface area contributed by atoms with Crippen LogP contribution in [0, 0.1) is 0 Å². The maximum absolute atomic E-state index is 11.7. The molecule has 2 amide bonds. The Morgan fingerprint density at radius 1 is 1.41 bits per heavy atom. The van der Waals surface area contributed by atoms with Gasteiger partial charge in [-0.1, -0.05) is 0 Å². The molecule has 0 fully saturated rings. The van der Waals surface area contributed by atoms with Gasteiger partial charge >= 0.3 is 0 Å². The monoisotopic (exact) mass is 247 g/mol. The van der Waals surface area contributed by atoms with Crippen LogP contribution in [-0.2, 0) is 19.1 Å². The van der Waals surface area contributed by atoms with Crippen molar-refractivity contribution in [1.29, 1.82) is 0 Å². The Morgan fingerprint density at radius 3 is 2.53 bits per heavy atom. The maximum Gasteiger partial charge on any atom is 0.253 e. The number of methoxy groups -OCH3 is 2. The van der Waals surface area contributed by atoms with Crippen LogP contribution in [0.2, 0.25) is 0 Å². The molecule has 0 aromatic heterocycles. The summed E-state index contributed by atoms with van der Waals surface area (Å²) in [5.41, 5.74) is 5.36. The Hall–Kier alpha value is -1.18. The number of amides is 2. The van der Waals surface area contributed by atoms with E-state index >= 15 is 0 Å². The van der Waals surface area contributed by atoms with Crippen LogP contribution in [-0.4, -0.2) is 70.3 Å². The molecule has 100 valence electrons. The van der Waals surface area contributed by atoms with Crippen LogP contribution in [0.4, 0.5) is 0 Å². The molecule has 0 bridgehead atoms. The van der Waals surface area contributed by atoms with E-state index in [0.29, 0.717) is 13.2 Å². The van der Waals surface area contributed by atoms with Gasteiger partial charge in [-0.15, -0.1) is 0 Å². The average molecular weight is 247 g/mol. The number of nitrogens with zero attached hydrogens (tertiary/aromatic N) is 1. The molecule has 3 N–H and O–H groups in total. The van der Waals surface area contributed by atoms with Crippen LogP contribution in [0.5, 0.6) is 0 Å². The highest BCUT2D eigenvalue weighted by Gasteiger charge is 2.21. The minimum atomic E-state index is -0.702. The summed E-state index contributed by atoms with van der Waals surface area (Å²) in [4.78, 5) is 24.4. The van der Waals surface area contributed by atoms with Crippen molar-refractivity contribution in [3.05, 3.63) is 0 Å². The summed E-state index contributed by atoms with van der Waals surface area (Å²) in [7, 11) is 4.48. The Kier molecular flexibility index (Phi) is 8.29.